The number of aromatic nitrogens is 2. The molecule has 0 amide bonds. The molecule has 21 heavy (non-hydrogen) atoms. The Kier molecular flexibility index (Phi) is 4.59. The van der Waals surface area contributed by atoms with Gasteiger partial charge in [-0.05, 0) is 32.1 Å². The lowest BCUT2D eigenvalue weighted by Gasteiger charge is -2.35. The summed E-state index contributed by atoms with van der Waals surface area (Å²) in [5.41, 5.74) is 0.436. The van der Waals surface area contributed by atoms with Crippen LogP contribution in [0.15, 0.2) is 0 Å². The normalized spacial score (nSPS) is 22.2. The molecule has 0 aliphatic carbocycles. The van der Waals surface area contributed by atoms with Crippen LogP contribution in [0.2, 0.25) is 0 Å². The zero-order valence-electron chi connectivity index (χ0n) is 13.1. The third-order valence-electron chi connectivity index (χ3n) is 4.19. The lowest BCUT2D eigenvalue weighted by Crippen LogP contribution is -2.39. The molecule has 1 aliphatic heterocycles. The first-order valence-corrected chi connectivity index (χ1v) is 7.45. The van der Waals surface area contributed by atoms with E-state index >= 15 is 0 Å². The highest BCUT2D eigenvalue weighted by atomic mass is 16.6. The van der Waals surface area contributed by atoms with Gasteiger partial charge in [-0.3, -0.25) is 10.1 Å². The third kappa shape index (κ3) is 3.22. The Bertz CT molecular complexity index is 534. The molecule has 2 rings (SSSR count). The first-order chi connectivity index (χ1) is 9.93. The standard InChI is InChI=1S/C14H23N5O2/c1-5-15-14-16-11(4)12(19(20)21)13(17-14)18-7-6-9(2)10(3)8-18/h9-10H,5-8H2,1-4H3,(H,15,16,17). The van der Waals surface area contributed by atoms with Crippen LogP contribution in [0.3, 0.4) is 0 Å². The van der Waals surface area contributed by atoms with Crippen molar-refractivity contribution in [2.45, 2.75) is 34.1 Å². The van der Waals surface area contributed by atoms with Gasteiger partial charge in [0.2, 0.25) is 11.8 Å². The zero-order valence-corrected chi connectivity index (χ0v) is 13.1. The maximum Gasteiger partial charge on any atom is 0.332 e. The van der Waals surface area contributed by atoms with Gasteiger partial charge in [-0.1, -0.05) is 13.8 Å². The first-order valence-electron chi connectivity index (χ1n) is 7.45. The molecular weight excluding hydrogens is 270 g/mol. The summed E-state index contributed by atoms with van der Waals surface area (Å²) in [5, 5.41) is 14.4. The highest BCUT2D eigenvalue weighted by Gasteiger charge is 2.31. The maximum atomic E-state index is 11.4. The number of hydrogen-bond donors (Lipinski definition) is 1. The second-order valence-corrected chi connectivity index (χ2v) is 5.78. The van der Waals surface area contributed by atoms with Crippen LogP contribution in [0.4, 0.5) is 17.5 Å². The van der Waals surface area contributed by atoms with Gasteiger partial charge in [0.15, 0.2) is 0 Å². The van der Waals surface area contributed by atoms with Crippen molar-refractivity contribution in [2.75, 3.05) is 29.9 Å². The molecule has 0 bridgehead atoms. The minimum absolute atomic E-state index is 0.0263. The van der Waals surface area contributed by atoms with Crippen molar-refractivity contribution in [1.29, 1.82) is 0 Å². The minimum Gasteiger partial charge on any atom is -0.354 e. The van der Waals surface area contributed by atoms with Crippen LogP contribution in [-0.2, 0) is 0 Å². The molecule has 0 aromatic carbocycles. The molecule has 0 saturated carbocycles. The van der Waals surface area contributed by atoms with Crippen molar-refractivity contribution < 1.29 is 4.92 Å². The van der Waals surface area contributed by atoms with Gasteiger partial charge in [-0.2, -0.15) is 4.98 Å². The fourth-order valence-electron chi connectivity index (χ4n) is 2.68. The molecule has 0 spiro atoms. The Morgan fingerprint density at radius 3 is 2.67 bits per heavy atom. The van der Waals surface area contributed by atoms with Crippen molar-refractivity contribution in [3.63, 3.8) is 0 Å². The Balaban J connectivity index is 2.42. The van der Waals surface area contributed by atoms with Crippen LogP contribution in [-0.4, -0.2) is 34.5 Å². The zero-order chi connectivity index (χ0) is 15.6. The summed E-state index contributed by atoms with van der Waals surface area (Å²) in [7, 11) is 0. The number of nitrogens with zero attached hydrogens (tertiary/aromatic N) is 4. The van der Waals surface area contributed by atoms with Crippen LogP contribution in [0.25, 0.3) is 0 Å². The van der Waals surface area contributed by atoms with Gasteiger partial charge in [0.05, 0.1) is 4.92 Å². The van der Waals surface area contributed by atoms with Crippen LogP contribution < -0.4 is 10.2 Å². The predicted molar refractivity (Wildman–Crippen MR) is 82.7 cm³/mol. The van der Waals surface area contributed by atoms with E-state index in [4.69, 9.17) is 0 Å². The molecular formula is C14H23N5O2. The van der Waals surface area contributed by atoms with E-state index in [0.29, 0.717) is 35.8 Å². The lowest BCUT2D eigenvalue weighted by molar-refractivity contribution is -0.385. The van der Waals surface area contributed by atoms with Crippen molar-refractivity contribution in [3.8, 4) is 0 Å². The van der Waals surface area contributed by atoms with E-state index in [9.17, 15) is 10.1 Å². The number of anilines is 2. The average molecular weight is 293 g/mol. The summed E-state index contributed by atoms with van der Waals surface area (Å²) in [5.74, 6) is 2.04. The largest absolute Gasteiger partial charge is 0.354 e. The molecule has 1 fully saturated rings. The van der Waals surface area contributed by atoms with Crippen molar-refractivity contribution in [3.05, 3.63) is 15.8 Å². The molecule has 7 heteroatoms. The molecule has 2 heterocycles. The number of rotatable bonds is 4. The van der Waals surface area contributed by atoms with Gasteiger partial charge < -0.3 is 10.2 Å². The van der Waals surface area contributed by atoms with Crippen LogP contribution >= 0.6 is 0 Å². The molecule has 0 radical (unpaired) electrons. The number of hydrogen-bond acceptors (Lipinski definition) is 6. The summed E-state index contributed by atoms with van der Waals surface area (Å²) in [6.07, 6.45) is 1.03. The number of nitrogens with one attached hydrogen (secondary N) is 1. The quantitative estimate of drug-likeness (QED) is 0.678. The smallest absolute Gasteiger partial charge is 0.332 e. The number of piperidine rings is 1. The van der Waals surface area contributed by atoms with E-state index in [2.05, 4.69) is 29.1 Å². The van der Waals surface area contributed by atoms with Crippen LogP contribution in [0, 0.1) is 28.9 Å². The van der Waals surface area contributed by atoms with Crippen molar-refractivity contribution in [1.82, 2.24) is 9.97 Å². The molecule has 116 valence electrons. The van der Waals surface area contributed by atoms with Gasteiger partial charge in [0, 0.05) is 19.6 Å². The summed E-state index contributed by atoms with van der Waals surface area (Å²) in [4.78, 5) is 21.6. The van der Waals surface area contributed by atoms with Gasteiger partial charge in [0.25, 0.3) is 0 Å². The summed E-state index contributed by atoms with van der Waals surface area (Å²) in [6.45, 7) is 10.3. The molecule has 7 nitrogen and oxygen atoms in total. The summed E-state index contributed by atoms with van der Waals surface area (Å²) in [6, 6.07) is 0. The van der Waals surface area contributed by atoms with Crippen LogP contribution in [0.5, 0.6) is 0 Å². The first kappa shape index (κ1) is 15.5. The maximum absolute atomic E-state index is 11.4. The minimum atomic E-state index is -0.372. The number of aryl methyl sites for hydroxylation is 1. The number of nitro groups is 1. The van der Waals surface area contributed by atoms with E-state index in [0.717, 1.165) is 19.5 Å². The highest BCUT2D eigenvalue weighted by molar-refractivity contribution is 5.62. The SMILES string of the molecule is CCNc1nc(C)c([N+](=O)[O-])c(N2CCC(C)C(C)C2)n1. The fourth-order valence-corrected chi connectivity index (χ4v) is 2.68. The Hall–Kier alpha value is -1.92. The predicted octanol–water partition coefficient (Wildman–Crippen LogP) is 2.61. The Labute approximate surface area is 124 Å². The van der Waals surface area contributed by atoms with E-state index in [-0.39, 0.29) is 10.6 Å². The molecule has 1 aromatic heterocycles. The van der Waals surface area contributed by atoms with Crippen molar-refractivity contribution in [2.24, 2.45) is 11.8 Å². The molecule has 1 aromatic rings. The average Bonchev–Trinajstić information content (AvgIpc) is 2.41. The van der Waals surface area contributed by atoms with Gasteiger partial charge >= 0.3 is 5.69 Å². The third-order valence-corrected chi connectivity index (χ3v) is 4.19. The van der Waals surface area contributed by atoms with Crippen LogP contribution in [0.1, 0.15) is 32.9 Å². The Morgan fingerprint density at radius 2 is 2.10 bits per heavy atom. The fraction of sp³-hybridized carbons (Fsp3) is 0.714. The second-order valence-electron chi connectivity index (χ2n) is 5.78. The van der Waals surface area contributed by atoms with Crippen molar-refractivity contribution >= 4 is 17.5 Å². The second kappa shape index (κ2) is 6.24. The monoisotopic (exact) mass is 293 g/mol. The van der Waals surface area contributed by atoms with Gasteiger partial charge in [0.1, 0.15) is 5.69 Å². The molecule has 2 atom stereocenters. The van der Waals surface area contributed by atoms with Gasteiger partial charge in [-0.15, -0.1) is 0 Å². The molecule has 2 unspecified atom stereocenters. The summed E-state index contributed by atoms with van der Waals surface area (Å²) < 4.78 is 0. The van der Waals surface area contributed by atoms with E-state index in [1.54, 1.807) is 6.92 Å². The Morgan fingerprint density at radius 1 is 1.38 bits per heavy atom. The highest BCUT2D eigenvalue weighted by Crippen LogP contribution is 2.34. The topological polar surface area (TPSA) is 84.2 Å². The lowest BCUT2D eigenvalue weighted by atomic mass is 9.88. The van der Waals surface area contributed by atoms with E-state index < -0.39 is 0 Å². The molecule has 1 saturated heterocycles. The van der Waals surface area contributed by atoms with E-state index in [1.807, 2.05) is 11.8 Å². The van der Waals surface area contributed by atoms with Gasteiger partial charge in [-0.25, -0.2) is 4.98 Å². The molecule has 1 N–H and O–H groups in total. The summed E-state index contributed by atoms with van der Waals surface area (Å²) >= 11 is 0. The molecule has 1 aliphatic rings. The van der Waals surface area contributed by atoms with E-state index in [1.165, 1.54) is 0 Å².